The number of anilines is 1. The van der Waals surface area contributed by atoms with Crippen LogP contribution in [0.15, 0.2) is 30.3 Å². The van der Waals surface area contributed by atoms with Crippen LogP contribution in [-0.4, -0.2) is 30.1 Å². The molecule has 0 bridgehead atoms. The molecule has 0 unspecified atom stereocenters. The minimum atomic E-state index is 0.145. The molecular weight excluding hydrogens is 196 g/mol. The molecule has 1 heterocycles. The summed E-state index contributed by atoms with van der Waals surface area (Å²) in [7, 11) is 0. The quantitative estimate of drug-likeness (QED) is 0.836. The summed E-state index contributed by atoms with van der Waals surface area (Å²) in [4.78, 5) is 2.55. The fourth-order valence-electron chi connectivity index (χ4n) is 2.45. The summed E-state index contributed by atoms with van der Waals surface area (Å²) in [6.07, 6.45) is 2.73. The van der Waals surface area contributed by atoms with E-state index in [1.807, 2.05) is 0 Å². The lowest BCUT2D eigenvalue weighted by Crippen LogP contribution is -2.43. The molecule has 0 aliphatic carbocycles. The summed E-state index contributed by atoms with van der Waals surface area (Å²) in [5, 5.41) is 3.60. The second-order valence-corrected chi connectivity index (χ2v) is 5.36. The minimum Gasteiger partial charge on any atom is -0.379 e. The van der Waals surface area contributed by atoms with Crippen molar-refractivity contribution in [3.05, 3.63) is 30.3 Å². The lowest BCUT2D eigenvalue weighted by atomic mass is 10.0. The number of para-hydroxylation sites is 1. The van der Waals surface area contributed by atoms with E-state index in [1.54, 1.807) is 0 Å². The Hall–Kier alpha value is -1.02. The topological polar surface area (TPSA) is 15.3 Å². The molecule has 0 radical (unpaired) electrons. The van der Waals surface area contributed by atoms with Gasteiger partial charge in [-0.15, -0.1) is 0 Å². The van der Waals surface area contributed by atoms with Crippen molar-refractivity contribution in [3.8, 4) is 0 Å². The van der Waals surface area contributed by atoms with Crippen LogP contribution in [0.2, 0.25) is 0 Å². The molecule has 1 aliphatic heterocycles. The second-order valence-electron chi connectivity index (χ2n) is 5.36. The predicted molar refractivity (Wildman–Crippen MR) is 69.8 cm³/mol. The molecule has 2 nitrogen and oxygen atoms in total. The fourth-order valence-corrected chi connectivity index (χ4v) is 2.45. The third-order valence-corrected chi connectivity index (χ3v) is 3.07. The van der Waals surface area contributed by atoms with Crippen LogP contribution in [-0.2, 0) is 0 Å². The van der Waals surface area contributed by atoms with Crippen LogP contribution in [0.25, 0.3) is 0 Å². The normalized spacial score (nSPS) is 17.6. The molecular formula is C14H22N2. The van der Waals surface area contributed by atoms with Crippen molar-refractivity contribution in [3.63, 3.8) is 0 Å². The highest BCUT2D eigenvalue weighted by molar-refractivity contribution is 5.44. The van der Waals surface area contributed by atoms with Crippen LogP contribution >= 0.6 is 0 Å². The summed E-state index contributed by atoms with van der Waals surface area (Å²) in [5.41, 5.74) is 1.36. The molecule has 88 valence electrons. The zero-order valence-corrected chi connectivity index (χ0v) is 10.4. The summed E-state index contributed by atoms with van der Waals surface area (Å²) in [6, 6.07) is 10.5. The number of nitrogens with one attached hydrogen (secondary N) is 1. The zero-order chi connectivity index (χ0) is 11.4. The number of likely N-dealkylation sites (tertiary alicyclic amines) is 1. The van der Waals surface area contributed by atoms with Crippen molar-refractivity contribution in [1.29, 1.82) is 0 Å². The van der Waals surface area contributed by atoms with Crippen molar-refractivity contribution < 1.29 is 0 Å². The van der Waals surface area contributed by atoms with Crippen LogP contribution in [0, 0.1) is 0 Å². The van der Waals surface area contributed by atoms with Gasteiger partial charge in [-0.2, -0.15) is 0 Å². The third kappa shape index (κ3) is 3.24. The van der Waals surface area contributed by atoms with Gasteiger partial charge in [0.2, 0.25) is 0 Å². The van der Waals surface area contributed by atoms with Gasteiger partial charge in [0, 0.05) is 17.8 Å². The Balaban J connectivity index is 1.91. The second kappa shape index (κ2) is 4.88. The van der Waals surface area contributed by atoms with E-state index in [0.29, 0.717) is 0 Å². The highest BCUT2D eigenvalue weighted by Crippen LogP contribution is 2.18. The van der Waals surface area contributed by atoms with Gasteiger partial charge in [-0.05, 0) is 51.9 Å². The average Bonchev–Trinajstić information content (AvgIpc) is 2.70. The van der Waals surface area contributed by atoms with E-state index in [9.17, 15) is 0 Å². The van der Waals surface area contributed by atoms with Crippen molar-refractivity contribution in [2.75, 3.05) is 25.0 Å². The zero-order valence-electron chi connectivity index (χ0n) is 10.4. The molecule has 1 fully saturated rings. The van der Waals surface area contributed by atoms with E-state index in [4.69, 9.17) is 0 Å². The number of rotatable bonds is 4. The van der Waals surface area contributed by atoms with Crippen LogP contribution < -0.4 is 5.32 Å². The van der Waals surface area contributed by atoms with Gasteiger partial charge >= 0.3 is 0 Å². The molecule has 1 aromatic rings. The van der Waals surface area contributed by atoms with Gasteiger partial charge in [-0.1, -0.05) is 18.2 Å². The SMILES string of the molecule is CC(C)(CN1CCCC1)Nc1ccccc1. The molecule has 2 rings (SSSR count). The van der Waals surface area contributed by atoms with Crippen LogP contribution in [0.5, 0.6) is 0 Å². The van der Waals surface area contributed by atoms with Crippen LogP contribution in [0.4, 0.5) is 5.69 Å². The van der Waals surface area contributed by atoms with Crippen molar-refractivity contribution in [2.45, 2.75) is 32.2 Å². The van der Waals surface area contributed by atoms with Gasteiger partial charge in [-0.25, -0.2) is 0 Å². The Morgan fingerprint density at radius 3 is 2.38 bits per heavy atom. The highest BCUT2D eigenvalue weighted by atomic mass is 15.2. The van der Waals surface area contributed by atoms with Gasteiger partial charge in [-0.3, -0.25) is 0 Å². The Morgan fingerprint density at radius 2 is 1.75 bits per heavy atom. The Morgan fingerprint density at radius 1 is 1.12 bits per heavy atom. The minimum absolute atomic E-state index is 0.145. The van der Waals surface area contributed by atoms with Crippen LogP contribution in [0.3, 0.4) is 0 Å². The Labute approximate surface area is 98.7 Å². The smallest absolute Gasteiger partial charge is 0.0444 e. The lowest BCUT2D eigenvalue weighted by Gasteiger charge is -2.32. The molecule has 1 aliphatic rings. The van der Waals surface area contributed by atoms with Crippen molar-refractivity contribution >= 4 is 5.69 Å². The molecule has 1 N–H and O–H groups in total. The highest BCUT2D eigenvalue weighted by Gasteiger charge is 2.23. The average molecular weight is 218 g/mol. The van der Waals surface area contributed by atoms with E-state index in [-0.39, 0.29) is 5.54 Å². The molecule has 0 amide bonds. The number of benzene rings is 1. The largest absolute Gasteiger partial charge is 0.379 e. The standard InChI is InChI=1S/C14H22N2/c1-14(2,12-16-10-6-7-11-16)15-13-8-4-3-5-9-13/h3-5,8-9,15H,6-7,10-12H2,1-2H3. The summed E-state index contributed by atoms with van der Waals surface area (Å²) in [5.74, 6) is 0. The maximum atomic E-state index is 3.60. The monoisotopic (exact) mass is 218 g/mol. The van der Waals surface area contributed by atoms with Gasteiger partial charge < -0.3 is 10.2 Å². The third-order valence-electron chi connectivity index (χ3n) is 3.07. The first kappa shape index (κ1) is 11.5. The lowest BCUT2D eigenvalue weighted by molar-refractivity contribution is 0.284. The molecule has 0 atom stereocenters. The molecule has 2 heteroatoms. The predicted octanol–water partition coefficient (Wildman–Crippen LogP) is 2.97. The molecule has 0 spiro atoms. The first-order chi connectivity index (χ1) is 7.66. The van der Waals surface area contributed by atoms with Gasteiger partial charge in [0.1, 0.15) is 0 Å². The van der Waals surface area contributed by atoms with Crippen molar-refractivity contribution in [2.24, 2.45) is 0 Å². The maximum absolute atomic E-state index is 3.60. The van der Waals surface area contributed by atoms with E-state index in [1.165, 1.54) is 31.6 Å². The van der Waals surface area contributed by atoms with E-state index in [0.717, 1.165) is 6.54 Å². The fraction of sp³-hybridized carbons (Fsp3) is 0.571. The molecule has 0 aromatic heterocycles. The van der Waals surface area contributed by atoms with E-state index < -0.39 is 0 Å². The number of nitrogens with zero attached hydrogens (tertiary/aromatic N) is 1. The number of hydrogen-bond donors (Lipinski definition) is 1. The molecule has 16 heavy (non-hydrogen) atoms. The summed E-state index contributed by atoms with van der Waals surface area (Å²) < 4.78 is 0. The Bertz CT molecular complexity index is 313. The molecule has 0 saturated carbocycles. The first-order valence-corrected chi connectivity index (χ1v) is 6.21. The summed E-state index contributed by atoms with van der Waals surface area (Å²) >= 11 is 0. The van der Waals surface area contributed by atoms with Crippen molar-refractivity contribution in [1.82, 2.24) is 4.90 Å². The molecule has 1 saturated heterocycles. The van der Waals surface area contributed by atoms with Gasteiger partial charge in [0.25, 0.3) is 0 Å². The Kier molecular flexibility index (Phi) is 3.49. The molecule has 1 aromatic carbocycles. The van der Waals surface area contributed by atoms with E-state index >= 15 is 0 Å². The van der Waals surface area contributed by atoms with E-state index in [2.05, 4.69) is 54.4 Å². The number of hydrogen-bond acceptors (Lipinski definition) is 2. The summed E-state index contributed by atoms with van der Waals surface area (Å²) in [6.45, 7) is 8.21. The first-order valence-electron chi connectivity index (χ1n) is 6.21. The van der Waals surface area contributed by atoms with Gasteiger partial charge in [0.05, 0.1) is 0 Å². The maximum Gasteiger partial charge on any atom is 0.0444 e. The van der Waals surface area contributed by atoms with Crippen LogP contribution in [0.1, 0.15) is 26.7 Å². The van der Waals surface area contributed by atoms with Gasteiger partial charge in [0.15, 0.2) is 0 Å².